The molecule has 0 aliphatic carbocycles. The number of nitrogens with one attached hydrogen (secondary N) is 2. The molecule has 0 aromatic carbocycles. The fourth-order valence-electron chi connectivity index (χ4n) is 1.20. The molecule has 0 saturated heterocycles. The van der Waals surface area contributed by atoms with Gasteiger partial charge in [0.15, 0.2) is 6.61 Å². The zero-order chi connectivity index (χ0) is 15.0. The van der Waals surface area contributed by atoms with Crippen LogP contribution in [0.3, 0.4) is 0 Å². The smallest absolute Gasteiger partial charge is 0.377 e. The maximum absolute atomic E-state index is 11.4. The SMILES string of the molecule is CC[C@@H](C)NC(=O)NC(=O)COC(=O)C1=COCCO1. The first-order valence-electron chi connectivity index (χ1n) is 6.25. The Labute approximate surface area is 116 Å². The number of ether oxygens (including phenoxy) is 3. The van der Waals surface area contributed by atoms with Crippen LogP contribution in [-0.2, 0) is 23.8 Å². The van der Waals surface area contributed by atoms with Gasteiger partial charge in [-0.3, -0.25) is 10.1 Å². The number of urea groups is 1. The highest BCUT2D eigenvalue weighted by Gasteiger charge is 2.18. The van der Waals surface area contributed by atoms with Crippen LogP contribution in [0.25, 0.3) is 0 Å². The molecular formula is C12H18N2O6. The van der Waals surface area contributed by atoms with E-state index in [0.29, 0.717) is 6.61 Å². The van der Waals surface area contributed by atoms with Crippen molar-refractivity contribution in [2.45, 2.75) is 26.3 Å². The third-order valence-corrected chi connectivity index (χ3v) is 2.43. The fraction of sp³-hybridized carbons (Fsp3) is 0.583. The summed E-state index contributed by atoms with van der Waals surface area (Å²) in [5, 5.41) is 4.59. The zero-order valence-corrected chi connectivity index (χ0v) is 11.4. The lowest BCUT2D eigenvalue weighted by atomic mass is 10.3. The molecule has 2 N–H and O–H groups in total. The second kappa shape index (κ2) is 8.03. The van der Waals surface area contributed by atoms with E-state index in [1.165, 1.54) is 0 Å². The Kier molecular flexibility index (Phi) is 6.34. The predicted molar refractivity (Wildman–Crippen MR) is 67.4 cm³/mol. The number of hydrogen-bond donors (Lipinski definition) is 2. The highest BCUT2D eigenvalue weighted by Crippen LogP contribution is 2.05. The third kappa shape index (κ3) is 5.59. The van der Waals surface area contributed by atoms with E-state index < -0.39 is 24.5 Å². The van der Waals surface area contributed by atoms with E-state index in [2.05, 4.69) is 10.1 Å². The van der Waals surface area contributed by atoms with Crippen LogP contribution in [0.5, 0.6) is 0 Å². The van der Waals surface area contributed by atoms with E-state index in [9.17, 15) is 14.4 Å². The largest absolute Gasteiger partial charge is 0.493 e. The standard InChI is InChI=1S/C12H18N2O6/c1-3-8(2)13-12(17)14-10(15)7-20-11(16)9-6-18-4-5-19-9/h6,8H,3-5,7H2,1-2H3,(H2,13,14,15,17)/t8-/m1/s1. The van der Waals surface area contributed by atoms with Crippen molar-refractivity contribution in [2.24, 2.45) is 0 Å². The van der Waals surface area contributed by atoms with Gasteiger partial charge in [0.25, 0.3) is 5.91 Å². The van der Waals surface area contributed by atoms with Gasteiger partial charge in [-0.1, -0.05) is 6.92 Å². The Bertz CT molecular complexity index is 407. The van der Waals surface area contributed by atoms with E-state index in [1.54, 1.807) is 6.92 Å². The molecule has 0 bridgehead atoms. The summed E-state index contributed by atoms with van der Waals surface area (Å²) in [6.07, 6.45) is 1.86. The van der Waals surface area contributed by atoms with E-state index in [1.807, 2.05) is 12.2 Å². The van der Waals surface area contributed by atoms with Crippen molar-refractivity contribution in [3.8, 4) is 0 Å². The van der Waals surface area contributed by atoms with Gasteiger partial charge in [0.2, 0.25) is 5.76 Å². The Morgan fingerprint density at radius 3 is 2.75 bits per heavy atom. The number of amides is 3. The average Bonchev–Trinajstić information content (AvgIpc) is 2.45. The summed E-state index contributed by atoms with van der Waals surface area (Å²) < 4.78 is 14.5. The normalized spacial score (nSPS) is 15.0. The molecule has 0 saturated carbocycles. The van der Waals surface area contributed by atoms with Crippen LogP contribution >= 0.6 is 0 Å². The van der Waals surface area contributed by atoms with E-state index in [-0.39, 0.29) is 18.4 Å². The van der Waals surface area contributed by atoms with Crippen LogP contribution in [0.15, 0.2) is 12.0 Å². The molecule has 1 aliphatic rings. The summed E-state index contributed by atoms with van der Waals surface area (Å²) in [7, 11) is 0. The maximum atomic E-state index is 11.4. The van der Waals surface area contributed by atoms with E-state index in [0.717, 1.165) is 12.7 Å². The summed E-state index contributed by atoms with van der Waals surface area (Å²) in [6.45, 7) is 3.72. The minimum atomic E-state index is -0.817. The summed E-state index contributed by atoms with van der Waals surface area (Å²) >= 11 is 0. The quantitative estimate of drug-likeness (QED) is 0.692. The Hall–Kier alpha value is -2.25. The molecule has 20 heavy (non-hydrogen) atoms. The summed E-state index contributed by atoms with van der Waals surface area (Å²) in [6, 6.07) is -0.680. The Morgan fingerprint density at radius 2 is 2.15 bits per heavy atom. The molecule has 0 radical (unpaired) electrons. The average molecular weight is 286 g/mol. The van der Waals surface area contributed by atoms with Crippen LogP contribution in [-0.4, -0.2) is 43.8 Å². The molecule has 0 fully saturated rings. The molecule has 3 amide bonds. The van der Waals surface area contributed by atoms with Crippen molar-refractivity contribution in [1.82, 2.24) is 10.6 Å². The Morgan fingerprint density at radius 1 is 1.40 bits per heavy atom. The molecule has 112 valence electrons. The molecule has 0 aromatic heterocycles. The topological polar surface area (TPSA) is 103 Å². The first-order valence-corrected chi connectivity index (χ1v) is 6.25. The predicted octanol–water partition coefficient (Wildman–Crippen LogP) is 0.0421. The van der Waals surface area contributed by atoms with Crippen molar-refractivity contribution < 1.29 is 28.6 Å². The van der Waals surface area contributed by atoms with Crippen LogP contribution in [0.1, 0.15) is 20.3 Å². The number of carbonyl (C=O) groups is 3. The van der Waals surface area contributed by atoms with Crippen molar-refractivity contribution >= 4 is 17.9 Å². The van der Waals surface area contributed by atoms with Crippen molar-refractivity contribution in [2.75, 3.05) is 19.8 Å². The van der Waals surface area contributed by atoms with Gasteiger partial charge in [-0.2, -0.15) is 0 Å². The molecule has 8 nitrogen and oxygen atoms in total. The van der Waals surface area contributed by atoms with Gasteiger partial charge in [-0.05, 0) is 13.3 Å². The van der Waals surface area contributed by atoms with Crippen LogP contribution in [0, 0.1) is 0 Å². The lowest BCUT2D eigenvalue weighted by molar-refractivity contribution is -0.149. The molecule has 1 atom stereocenters. The van der Waals surface area contributed by atoms with Gasteiger partial charge in [-0.15, -0.1) is 0 Å². The van der Waals surface area contributed by atoms with Gasteiger partial charge in [0.1, 0.15) is 19.5 Å². The van der Waals surface area contributed by atoms with Gasteiger partial charge in [0, 0.05) is 6.04 Å². The summed E-state index contributed by atoms with van der Waals surface area (Å²) in [4.78, 5) is 34.1. The molecule has 1 heterocycles. The summed E-state index contributed by atoms with van der Waals surface area (Å²) in [5.74, 6) is -1.65. The minimum Gasteiger partial charge on any atom is -0.493 e. The van der Waals surface area contributed by atoms with Crippen molar-refractivity contribution in [3.05, 3.63) is 12.0 Å². The lowest BCUT2D eigenvalue weighted by Gasteiger charge is -2.14. The van der Waals surface area contributed by atoms with Crippen LogP contribution in [0.4, 0.5) is 4.79 Å². The molecule has 0 spiro atoms. The van der Waals surface area contributed by atoms with Crippen molar-refractivity contribution in [1.29, 1.82) is 0 Å². The second-order valence-corrected chi connectivity index (χ2v) is 4.11. The monoisotopic (exact) mass is 286 g/mol. The Balaban J connectivity index is 2.27. The molecule has 1 aliphatic heterocycles. The molecule has 0 aromatic rings. The van der Waals surface area contributed by atoms with Gasteiger partial charge in [0.05, 0.1) is 0 Å². The lowest BCUT2D eigenvalue weighted by Crippen LogP contribution is -2.44. The zero-order valence-electron chi connectivity index (χ0n) is 11.4. The van der Waals surface area contributed by atoms with Gasteiger partial charge >= 0.3 is 12.0 Å². The highest BCUT2D eigenvalue weighted by atomic mass is 16.6. The minimum absolute atomic E-state index is 0.0525. The highest BCUT2D eigenvalue weighted by molar-refractivity contribution is 5.96. The number of esters is 1. The third-order valence-electron chi connectivity index (χ3n) is 2.43. The molecule has 0 unspecified atom stereocenters. The van der Waals surface area contributed by atoms with Gasteiger partial charge in [-0.25, -0.2) is 9.59 Å². The number of hydrogen-bond acceptors (Lipinski definition) is 6. The van der Waals surface area contributed by atoms with Crippen LogP contribution < -0.4 is 10.6 Å². The number of rotatable bonds is 5. The van der Waals surface area contributed by atoms with E-state index in [4.69, 9.17) is 9.47 Å². The maximum Gasteiger partial charge on any atom is 0.377 e. The molecule has 1 rings (SSSR count). The first kappa shape index (κ1) is 15.8. The molecular weight excluding hydrogens is 268 g/mol. The first-order chi connectivity index (χ1) is 9.52. The number of carbonyl (C=O) groups excluding carboxylic acids is 3. The van der Waals surface area contributed by atoms with Crippen LogP contribution in [0.2, 0.25) is 0 Å². The second-order valence-electron chi connectivity index (χ2n) is 4.11. The fourth-order valence-corrected chi connectivity index (χ4v) is 1.20. The summed E-state index contributed by atoms with van der Waals surface area (Å²) in [5.41, 5.74) is 0. The van der Waals surface area contributed by atoms with Gasteiger partial charge < -0.3 is 19.5 Å². The number of imide groups is 1. The van der Waals surface area contributed by atoms with Crippen molar-refractivity contribution in [3.63, 3.8) is 0 Å². The molecule has 8 heteroatoms. The van der Waals surface area contributed by atoms with E-state index >= 15 is 0 Å².